The van der Waals surface area contributed by atoms with Gasteiger partial charge in [0.2, 0.25) is 0 Å². The van der Waals surface area contributed by atoms with E-state index in [9.17, 15) is 18.0 Å². The lowest BCUT2D eigenvalue weighted by molar-refractivity contribution is -0.182. The molecule has 0 aromatic heterocycles. The molecular formula is C15H24F3NO2. The fourth-order valence-electron chi connectivity index (χ4n) is 3.57. The molecule has 3 nitrogen and oxygen atoms in total. The minimum Gasteiger partial charge on any atom is -0.481 e. The van der Waals surface area contributed by atoms with Crippen molar-refractivity contribution in [2.45, 2.75) is 63.6 Å². The molecule has 2 aliphatic carbocycles. The van der Waals surface area contributed by atoms with Crippen LogP contribution in [0.15, 0.2) is 0 Å². The van der Waals surface area contributed by atoms with Gasteiger partial charge in [-0.25, -0.2) is 0 Å². The van der Waals surface area contributed by atoms with Gasteiger partial charge in [0, 0.05) is 6.04 Å². The molecule has 0 spiro atoms. The van der Waals surface area contributed by atoms with E-state index < -0.39 is 18.1 Å². The molecule has 0 saturated heterocycles. The number of hydrogen-bond acceptors (Lipinski definition) is 2. The Kier molecular flexibility index (Phi) is 5.52. The Hall–Kier alpha value is -0.780. The Morgan fingerprint density at radius 2 is 1.57 bits per heavy atom. The van der Waals surface area contributed by atoms with Gasteiger partial charge in [-0.05, 0) is 63.8 Å². The van der Waals surface area contributed by atoms with Gasteiger partial charge in [-0.2, -0.15) is 13.2 Å². The van der Waals surface area contributed by atoms with Crippen LogP contribution >= 0.6 is 0 Å². The van der Waals surface area contributed by atoms with Crippen molar-refractivity contribution in [3.8, 4) is 0 Å². The van der Waals surface area contributed by atoms with Crippen LogP contribution in [0.3, 0.4) is 0 Å². The Morgan fingerprint density at radius 1 is 1.00 bits per heavy atom. The second-order valence-corrected chi connectivity index (χ2v) is 6.55. The zero-order chi connectivity index (χ0) is 15.5. The number of alkyl halides is 3. The van der Waals surface area contributed by atoms with Crippen molar-refractivity contribution in [2.75, 3.05) is 6.54 Å². The van der Waals surface area contributed by atoms with E-state index in [4.69, 9.17) is 5.11 Å². The monoisotopic (exact) mass is 307 g/mol. The van der Waals surface area contributed by atoms with E-state index in [0.29, 0.717) is 18.8 Å². The molecule has 21 heavy (non-hydrogen) atoms. The lowest BCUT2D eigenvalue weighted by Gasteiger charge is -2.32. The summed E-state index contributed by atoms with van der Waals surface area (Å²) in [6.07, 6.45) is 0.859. The van der Waals surface area contributed by atoms with Crippen LogP contribution in [-0.4, -0.2) is 29.8 Å². The zero-order valence-electron chi connectivity index (χ0n) is 12.2. The van der Waals surface area contributed by atoms with Crippen molar-refractivity contribution in [3.63, 3.8) is 0 Å². The van der Waals surface area contributed by atoms with E-state index in [1.54, 1.807) is 0 Å². The maximum Gasteiger partial charge on any atom is 0.391 e. The van der Waals surface area contributed by atoms with Crippen LogP contribution in [0.2, 0.25) is 0 Å². The standard InChI is InChI=1S/C15H24F3NO2/c16-15(17,18)12-5-7-13(8-6-12)19-9-10-1-3-11(4-2-10)14(20)21/h10-13,19H,1-9H2,(H,20,21). The average Bonchev–Trinajstić information content (AvgIpc) is 2.45. The molecule has 2 saturated carbocycles. The summed E-state index contributed by atoms with van der Waals surface area (Å²) in [7, 11) is 0. The van der Waals surface area contributed by atoms with E-state index in [1.165, 1.54) is 0 Å². The van der Waals surface area contributed by atoms with Crippen LogP contribution in [-0.2, 0) is 4.79 Å². The van der Waals surface area contributed by atoms with Gasteiger partial charge >= 0.3 is 12.1 Å². The van der Waals surface area contributed by atoms with E-state index in [0.717, 1.165) is 32.2 Å². The molecule has 2 aliphatic rings. The number of carbonyl (C=O) groups is 1. The number of halogens is 3. The Balaban J connectivity index is 1.63. The molecular weight excluding hydrogens is 283 g/mol. The van der Waals surface area contributed by atoms with Crippen molar-refractivity contribution in [1.29, 1.82) is 0 Å². The Bertz CT molecular complexity index is 343. The number of nitrogens with one attached hydrogen (secondary N) is 1. The molecule has 0 aromatic carbocycles. The van der Waals surface area contributed by atoms with Gasteiger partial charge in [-0.1, -0.05) is 0 Å². The minimum atomic E-state index is -4.04. The third kappa shape index (κ3) is 4.87. The van der Waals surface area contributed by atoms with Gasteiger partial charge < -0.3 is 10.4 Å². The molecule has 2 fully saturated rings. The quantitative estimate of drug-likeness (QED) is 0.834. The topological polar surface area (TPSA) is 49.3 Å². The van der Waals surface area contributed by atoms with Crippen LogP contribution < -0.4 is 5.32 Å². The summed E-state index contributed by atoms with van der Waals surface area (Å²) in [5.74, 6) is -1.56. The molecule has 122 valence electrons. The summed E-state index contributed by atoms with van der Waals surface area (Å²) < 4.78 is 37.7. The smallest absolute Gasteiger partial charge is 0.391 e. The van der Waals surface area contributed by atoms with E-state index >= 15 is 0 Å². The molecule has 0 amide bonds. The van der Waals surface area contributed by atoms with Crippen LogP contribution in [0, 0.1) is 17.8 Å². The van der Waals surface area contributed by atoms with Crippen molar-refractivity contribution in [3.05, 3.63) is 0 Å². The fraction of sp³-hybridized carbons (Fsp3) is 0.933. The number of carboxylic acids is 1. The highest BCUT2D eigenvalue weighted by atomic mass is 19.4. The van der Waals surface area contributed by atoms with E-state index in [2.05, 4.69) is 5.32 Å². The molecule has 0 aromatic rings. The first kappa shape index (κ1) is 16.6. The van der Waals surface area contributed by atoms with Crippen molar-refractivity contribution in [2.24, 2.45) is 17.8 Å². The molecule has 0 heterocycles. The Labute approximate surface area is 123 Å². The van der Waals surface area contributed by atoms with Gasteiger partial charge in [0.15, 0.2) is 0 Å². The van der Waals surface area contributed by atoms with Crippen molar-refractivity contribution >= 4 is 5.97 Å². The second-order valence-electron chi connectivity index (χ2n) is 6.55. The molecule has 0 radical (unpaired) electrons. The molecule has 0 unspecified atom stereocenters. The molecule has 0 atom stereocenters. The molecule has 2 N–H and O–H groups in total. The molecule has 2 rings (SSSR count). The lowest BCUT2D eigenvalue weighted by Crippen LogP contribution is -2.39. The largest absolute Gasteiger partial charge is 0.481 e. The molecule has 0 aliphatic heterocycles. The summed E-state index contributed by atoms with van der Waals surface area (Å²) in [5, 5.41) is 12.3. The number of hydrogen-bond donors (Lipinski definition) is 2. The summed E-state index contributed by atoms with van der Waals surface area (Å²) in [6, 6.07) is 0.195. The average molecular weight is 307 g/mol. The third-order valence-corrected chi connectivity index (χ3v) is 5.08. The van der Waals surface area contributed by atoms with Crippen LogP contribution in [0.4, 0.5) is 13.2 Å². The van der Waals surface area contributed by atoms with E-state index in [-0.39, 0.29) is 24.8 Å². The van der Waals surface area contributed by atoms with Gasteiger partial charge in [0.1, 0.15) is 0 Å². The number of aliphatic carboxylic acids is 1. The summed E-state index contributed by atoms with van der Waals surface area (Å²) in [5.41, 5.74) is 0. The summed E-state index contributed by atoms with van der Waals surface area (Å²) >= 11 is 0. The van der Waals surface area contributed by atoms with Gasteiger partial charge in [-0.15, -0.1) is 0 Å². The van der Waals surface area contributed by atoms with Gasteiger partial charge in [0.25, 0.3) is 0 Å². The predicted octanol–water partition coefficient (Wildman–Crippen LogP) is 3.59. The molecule has 6 heteroatoms. The van der Waals surface area contributed by atoms with Crippen LogP contribution in [0.5, 0.6) is 0 Å². The first-order chi connectivity index (χ1) is 9.86. The van der Waals surface area contributed by atoms with Crippen LogP contribution in [0.25, 0.3) is 0 Å². The van der Waals surface area contributed by atoms with E-state index in [1.807, 2.05) is 0 Å². The molecule has 0 bridgehead atoms. The lowest BCUT2D eigenvalue weighted by atomic mass is 9.81. The predicted molar refractivity (Wildman–Crippen MR) is 72.9 cm³/mol. The maximum absolute atomic E-state index is 12.6. The van der Waals surface area contributed by atoms with Crippen molar-refractivity contribution in [1.82, 2.24) is 5.32 Å². The highest BCUT2D eigenvalue weighted by Gasteiger charge is 2.41. The highest BCUT2D eigenvalue weighted by Crippen LogP contribution is 2.37. The fourth-order valence-corrected chi connectivity index (χ4v) is 3.57. The summed E-state index contributed by atoms with van der Waals surface area (Å²) in [6.45, 7) is 0.813. The minimum absolute atomic E-state index is 0.195. The van der Waals surface area contributed by atoms with Crippen molar-refractivity contribution < 1.29 is 23.1 Å². The number of rotatable bonds is 4. The number of carboxylic acid groups (broad SMARTS) is 1. The maximum atomic E-state index is 12.6. The highest BCUT2D eigenvalue weighted by molar-refractivity contribution is 5.69. The first-order valence-electron chi connectivity index (χ1n) is 7.89. The first-order valence-corrected chi connectivity index (χ1v) is 7.89. The normalized spacial score (nSPS) is 34.6. The van der Waals surface area contributed by atoms with Crippen LogP contribution in [0.1, 0.15) is 51.4 Å². The third-order valence-electron chi connectivity index (χ3n) is 5.08. The van der Waals surface area contributed by atoms with Gasteiger partial charge in [-0.3, -0.25) is 4.79 Å². The zero-order valence-corrected chi connectivity index (χ0v) is 12.2. The van der Waals surface area contributed by atoms with Gasteiger partial charge in [0.05, 0.1) is 11.8 Å². The summed E-state index contributed by atoms with van der Waals surface area (Å²) in [4.78, 5) is 10.9. The SMILES string of the molecule is O=C(O)C1CCC(CNC2CCC(C(F)(F)F)CC2)CC1. The second kappa shape index (κ2) is 6.99. The Morgan fingerprint density at radius 3 is 2.05 bits per heavy atom.